The minimum atomic E-state index is -0.172. The van der Waals surface area contributed by atoms with Crippen molar-refractivity contribution in [3.05, 3.63) is 58.6 Å². The van der Waals surface area contributed by atoms with Crippen LogP contribution in [-0.2, 0) is 4.79 Å². The molecule has 0 unspecified atom stereocenters. The average Bonchev–Trinajstić information content (AvgIpc) is 3.01. The Hall–Kier alpha value is -2.53. The number of phenols is 1. The minimum absolute atomic E-state index is 0.0672. The molecule has 0 spiro atoms. The fourth-order valence-corrected chi connectivity index (χ4v) is 2.90. The van der Waals surface area contributed by atoms with E-state index in [9.17, 15) is 9.90 Å². The molecule has 0 saturated carbocycles. The molecule has 6 heteroatoms. The molecule has 0 saturated heterocycles. The van der Waals surface area contributed by atoms with Crippen LogP contribution in [0.3, 0.4) is 0 Å². The van der Waals surface area contributed by atoms with Crippen molar-refractivity contribution in [2.45, 2.75) is 19.4 Å². The molecule has 0 fully saturated rings. The molecule has 0 aliphatic carbocycles. The number of rotatable bonds is 3. The van der Waals surface area contributed by atoms with Gasteiger partial charge in [-0.1, -0.05) is 23.7 Å². The second kappa shape index (κ2) is 6.53. The number of hydrogen-bond donors (Lipinski definition) is 1. The first-order valence-corrected chi connectivity index (χ1v) is 7.87. The van der Waals surface area contributed by atoms with Gasteiger partial charge in [-0.2, -0.15) is 5.10 Å². The molecule has 5 nitrogen and oxygen atoms in total. The van der Waals surface area contributed by atoms with Crippen molar-refractivity contribution >= 4 is 23.2 Å². The molecule has 2 aromatic rings. The van der Waals surface area contributed by atoms with Crippen LogP contribution in [0.4, 0.5) is 0 Å². The predicted molar refractivity (Wildman–Crippen MR) is 92.5 cm³/mol. The lowest BCUT2D eigenvalue weighted by Gasteiger charge is -2.20. The summed E-state index contributed by atoms with van der Waals surface area (Å²) < 4.78 is 5.14. The third-order valence-corrected chi connectivity index (χ3v) is 4.25. The lowest BCUT2D eigenvalue weighted by Crippen LogP contribution is -2.24. The normalized spacial score (nSPS) is 16.9. The smallest absolute Gasteiger partial charge is 0.240 e. The van der Waals surface area contributed by atoms with Crippen LogP contribution in [0.5, 0.6) is 11.5 Å². The van der Waals surface area contributed by atoms with E-state index in [0.717, 1.165) is 16.8 Å². The number of amides is 1. The second-order valence-corrected chi connectivity index (χ2v) is 6.00. The van der Waals surface area contributed by atoms with E-state index in [1.807, 2.05) is 12.1 Å². The van der Waals surface area contributed by atoms with Gasteiger partial charge in [0.05, 0.1) is 18.9 Å². The highest BCUT2D eigenvalue weighted by atomic mass is 35.5. The molecule has 0 radical (unpaired) electrons. The Kier molecular flexibility index (Phi) is 4.44. The van der Waals surface area contributed by atoms with Gasteiger partial charge in [-0.15, -0.1) is 0 Å². The van der Waals surface area contributed by atoms with Crippen molar-refractivity contribution in [2.24, 2.45) is 5.10 Å². The molecule has 1 heterocycles. The highest BCUT2D eigenvalue weighted by molar-refractivity contribution is 6.30. The van der Waals surface area contributed by atoms with Crippen LogP contribution < -0.4 is 4.74 Å². The summed E-state index contributed by atoms with van der Waals surface area (Å²) in [5.41, 5.74) is 2.55. The first-order chi connectivity index (χ1) is 11.5. The van der Waals surface area contributed by atoms with Gasteiger partial charge in [-0.25, -0.2) is 5.01 Å². The van der Waals surface area contributed by atoms with Gasteiger partial charge in [-0.05, 0) is 35.9 Å². The van der Waals surface area contributed by atoms with E-state index in [1.54, 1.807) is 30.3 Å². The molecule has 1 aliphatic heterocycles. The van der Waals surface area contributed by atoms with Crippen molar-refractivity contribution in [1.82, 2.24) is 5.01 Å². The molecule has 1 N–H and O–H groups in total. The van der Waals surface area contributed by atoms with E-state index < -0.39 is 0 Å². The van der Waals surface area contributed by atoms with Crippen LogP contribution in [0.25, 0.3) is 0 Å². The van der Waals surface area contributed by atoms with Crippen molar-refractivity contribution in [3.8, 4) is 11.5 Å². The van der Waals surface area contributed by atoms with Gasteiger partial charge in [0.2, 0.25) is 5.91 Å². The summed E-state index contributed by atoms with van der Waals surface area (Å²) in [4.78, 5) is 12.0. The topological polar surface area (TPSA) is 62.1 Å². The van der Waals surface area contributed by atoms with Crippen LogP contribution in [-0.4, -0.2) is 28.8 Å². The Bertz CT molecular complexity index is 802. The maximum atomic E-state index is 12.0. The van der Waals surface area contributed by atoms with Gasteiger partial charge in [0.1, 0.15) is 0 Å². The van der Waals surface area contributed by atoms with Crippen molar-refractivity contribution in [3.63, 3.8) is 0 Å². The summed E-state index contributed by atoms with van der Waals surface area (Å²) in [5.74, 6) is 0.313. The molecular formula is C18H17ClN2O3. The fraction of sp³-hybridized carbons (Fsp3) is 0.222. The molecule has 0 aromatic heterocycles. The third kappa shape index (κ3) is 3.08. The summed E-state index contributed by atoms with van der Waals surface area (Å²) in [6.07, 6.45) is 0.579. The van der Waals surface area contributed by atoms with E-state index in [-0.39, 0.29) is 17.7 Å². The molecule has 1 atom stereocenters. The van der Waals surface area contributed by atoms with Crippen LogP contribution in [0, 0.1) is 0 Å². The van der Waals surface area contributed by atoms with Crippen molar-refractivity contribution in [1.29, 1.82) is 0 Å². The predicted octanol–water partition coefficient (Wildman–Crippen LogP) is 3.75. The van der Waals surface area contributed by atoms with Crippen LogP contribution in [0.2, 0.25) is 5.02 Å². The first kappa shape index (κ1) is 16.3. The largest absolute Gasteiger partial charge is 0.504 e. The highest BCUT2D eigenvalue weighted by Crippen LogP contribution is 2.35. The molecule has 1 amide bonds. The molecule has 24 heavy (non-hydrogen) atoms. The molecule has 0 bridgehead atoms. The fourth-order valence-electron chi connectivity index (χ4n) is 2.78. The van der Waals surface area contributed by atoms with E-state index in [2.05, 4.69) is 5.10 Å². The zero-order valence-electron chi connectivity index (χ0n) is 13.4. The van der Waals surface area contributed by atoms with Crippen molar-refractivity contribution in [2.75, 3.05) is 7.11 Å². The SMILES string of the molecule is COc1cc(C2=NN(C(C)=O)[C@@H](c3ccc(Cl)cc3)C2)ccc1O. The Morgan fingerprint density at radius 1 is 1.29 bits per heavy atom. The Morgan fingerprint density at radius 3 is 2.62 bits per heavy atom. The molecular weight excluding hydrogens is 328 g/mol. The second-order valence-electron chi connectivity index (χ2n) is 5.57. The number of ether oxygens (including phenoxy) is 1. The van der Waals surface area contributed by atoms with Crippen LogP contribution in [0.1, 0.15) is 30.5 Å². The third-order valence-electron chi connectivity index (χ3n) is 4.00. The lowest BCUT2D eigenvalue weighted by atomic mass is 9.98. The number of benzene rings is 2. The Balaban J connectivity index is 1.95. The van der Waals surface area contributed by atoms with Gasteiger partial charge < -0.3 is 9.84 Å². The van der Waals surface area contributed by atoms with E-state index in [4.69, 9.17) is 16.3 Å². The van der Waals surface area contributed by atoms with E-state index in [0.29, 0.717) is 17.2 Å². The number of nitrogens with zero attached hydrogens (tertiary/aromatic N) is 2. The number of methoxy groups -OCH3 is 1. The standard InChI is InChI=1S/C18H17ClN2O3/c1-11(22)21-16(12-3-6-14(19)7-4-12)10-15(20-21)13-5-8-17(23)18(9-13)24-2/h3-9,16,23H,10H2,1-2H3/t16-/m1/s1. The lowest BCUT2D eigenvalue weighted by molar-refractivity contribution is -0.130. The van der Waals surface area contributed by atoms with Gasteiger partial charge in [-0.3, -0.25) is 4.79 Å². The molecule has 124 valence electrons. The van der Waals surface area contributed by atoms with Crippen molar-refractivity contribution < 1.29 is 14.6 Å². The summed E-state index contributed by atoms with van der Waals surface area (Å²) in [6, 6.07) is 12.3. The number of carbonyl (C=O) groups is 1. The average molecular weight is 345 g/mol. The molecule has 3 rings (SSSR count). The molecule has 1 aliphatic rings. The Morgan fingerprint density at radius 2 is 2.00 bits per heavy atom. The van der Waals surface area contributed by atoms with Crippen LogP contribution in [0.15, 0.2) is 47.6 Å². The summed E-state index contributed by atoms with van der Waals surface area (Å²) in [5, 5.41) is 16.3. The number of aromatic hydroxyl groups is 1. The number of hydrogen-bond acceptors (Lipinski definition) is 4. The number of carbonyl (C=O) groups excluding carboxylic acids is 1. The Labute approximate surface area is 145 Å². The van der Waals surface area contributed by atoms with E-state index in [1.165, 1.54) is 19.0 Å². The van der Waals surface area contributed by atoms with E-state index >= 15 is 0 Å². The maximum Gasteiger partial charge on any atom is 0.240 e. The first-order valence-electron chi connectivity index (χ1n) is 7.49. The van der Waals surface area contributed by atoms with Gasteiger partial charge in [0.25, 0.3) is 0 Å². The van der Waals surface area contributed by atoms with Gasteiger partial charge >= 0.3 is 0 Å². The van der Waals surface area contributed by atoms with Gasteiger partial charge in [0.15, 0.2) is 11.5 Å². The number of phenolic OH excluding ortho intramolecular Hbond substituents is 1. The zero-order valence-corrected chi connectivity index (χ0v) is 14.1. The van der Waals surface area contributed by atoms with Crippen LogP contribution >= 0.6 is 11.6 Å². The molecule has 2 aromatic carbocycles. The summed E-state index contributed by atoms with van der Waals surface area (Å²) in [7, 11) is 1.49. The monoisotopic (exact) mass is 344 g/mol. The van der Waals surface area contributed by atoms with Gasteiger partial charge in [0, 0.05) is 23.9 Å². The summed E-state index contributed by atoms with van der Waals surface area (Å²) >= 11 is 5.94. The zero-order chi connectivity index (χ0) is 17.3. The quantitative estimate of drug-likeness (QED) is 0.922. The number of hydrazone groups is 1. The highest BCUT2D eigenvalue weighted by Gasteiger charge is 2.31. The summed E-state index contributed by atoms with van der Waals surface area (Å²) in [6.45, 7) is 1.49. The maximum absolute atomic E-state index is 12.0. The minimum Gasteiger partial charge on any atom is -0.504 e. The number of halogens is 1.